The van der Waals surface area contributed by atoms with E-state index < -0.39 is 0 Å². The van der Waals surface area contributed by atoms with E-state index >= 15 is 0 Å². The van der Waals surface area contributed by atoms with E-state index in [0.29, 0.717) is 18.4 Å². The molecule has 0 bridgehead atoms. The molecule has 0 amide bonds. The minimum atomic E-state index is 0.302. The quantitative estimate of drug-likeness (QED) is 0.198. The summed E-state index contributed by atoms with van der Waals surface area (Å²) in [4.78, 5) is 2.69. The SMILES string of the molecule is C=CCC(CN(CC1CCC1CCCC(C)CO)c1cc(C(=C)CC)ccc1C)c1ccc(Cl)cc1CCC. The molecule has 3 rings (SSSR count). The van der Waals surface area contributed by atoms with Gasteiger partial charge in [0, 0.05) is 36.3 Å². The second-order valence-corrected chi connectivity index (χ2v) is 12.4. The monoisotopic (exact) mass is 549 g/mol. The maximum Gasteiger partial charge on any atom is 0.0456 e. The van der Waals surface area contributed by atoms with Crippen molar-refractivity contribution in [3.8, 4) is 0 Å². The number of halogens is 1. The molecule has 214 valence electrons. The van der Waals surface area contributed by atoms with Gasteiger partial charge in [0.1, 0.15) is 0 Å². The van der Waals surface area contributed by atoms with E-state index in [4.69, 9.17) is 11.6 Å². The minimum absolute atomic E-state index is 0.302. The van der Waals surface area contributed by atoms with Gasteiger partial charge >= 0.3 is 0 Å². The molecule has 2 nitrogen and oxygen atoms in total. The third-order valence-corrected chi connectivity index (χ3v) is 9.19. The lowest BCUT2D eigenvalue weighted by molar-refractivity contribution is 0.157. The molecular weight excluding hydrogens is 498 g/mol. The normalized spacial score (nSPS) is 18.3. The number of rotatable bonds is 17. The lowest BCUT2D eigenvalue weighted by atomic mass is 9.70. The molecule has 1 saturated carbocycles. The Morgan fingerprint density at radius 1 is 1.15 bits per heavy atom. The summed E-state index contributed by atoms with van der Waals surface area (Å²) >= 11 is 6.45. The fraction of sp³-hybridized carbons (Fsp3) is 0.556. The van der Waals surface area contributed by atoms with E-state index in [1.54, 1.807) is 0 Å². The number of hydrogen-bond donors (Lipinski definition) is 1. The van der Waals surface area contributed by atoms with Gasteiger partial charge in [0.15, 0.2) is 0 Å². The highest BCUT2D eigenvalue weighted by atomic mass is 35.5. The van der Waals surface area contributed by atoms with Gasteiger partial charge in [-0.1, -0.05) is 82.5 Å². The van der Waals surface area contributed by atoms with Crippen LogP contribution in [0.5, 0.6) is 0 Å². The smallest absolute Gasteiger partial charge is 0.0456 e. The van der Waals surface area contributed by atoms with E-state index in [9.17, 15) is 5.11 Å². The predicted octanol–water partition coefficient (Wildman–Crippen LogP) is 10.0. The molecule has 1 aliphatic rings. The Kier molecular flexibility index (Phi) is 12.7. The molecule has 3 heteroatoms. The maximum absolute atomic E-state index is 9.44. The molecule has 0 spiro atoms. The highest BCUT2D eigenvalue weighted by Gasteiger charge is 2.33. The Hall–Kier alpha value is -2.03. The summed E-state index contributed by atoms with van der Waals surface area (Å²) in [6.45, 7) is 19.7. The first kappa shape index (κ1) is 31.5. The zero-order valence-electron chi connectivity index (χ0n) is 25.0. The van der Waals surface area contributed by atoms with Crippen LogP contribution in [0.2, 0.25) is 5.02 Å². The Morgan fingerprint density at radius 2 is 1.92 bits per heavy atom. The van der Waals surface area contributed by atoms with Crippen LogP contribution in [0.3, 0.4) is 0 Å². The number of hydrogen-bond acceptors (Lipinski definition) is 2. The standard InChI is InChI=1S/C36H52ClNO/c1-7-11-31-21-34(37)19-20-35(31)33(12-8-2)24-38(36-22-30(27(5)9-3)16-15-28(36)6)23-32-18-17-29(32)14-10-13-26(4)25-39/h8,15-16,19-22,26,29,32-33,39H,2,5,7,9-14,17-18,23-25H2,1,3-4,6H3. The first-order valence-corrected chi connectivity index (χ1v) is 15.7. The largest absolute Gasteiger partial charge is 0.396 e. The topological polar surface area (TPSA) is 23.5 Å². The number of aliphatic hydroxyl groups is 1. The third-order valence-electron chi connectivity index (χ3n) is 8.95. The van der Waals surface area contributed by atoms with Crippen molar-refractivity contribution < 1.29 is 5.11 Å². The molecule has 1 aliphatic carbocycles. The second kappa shape index (κ2) is 15.7. The van der Waals surface area contributed by atoms with E-state index in [2.05, 4.69) is 88.2 Å². The van der Waals surface area contributed by atoms with Crippen LogP contribution in [0.4, 0.5) is 5.69 Å². The highest BCUT2D eigenvalue weighted by molar-refractivity contribution is 6.30. The van der Waals surface area contributed by atoms with E-state index in [0.717, 1.165) is 62.1 Å². The molecule has 1 N–H and O–H groups in total. The van der Waals surface area contributed by atoms with Crippen molar-refractivity contribution in [2.75, 3.05) is 24.6 Å². The van der Waals surface area contributed by atoms with Gasteiger partial charge in [-0.15, -0.1) is 6.58 Å². The number of aryl methyl sites for hydroxylation is 2. The Labute approximate surface area is 244 Å². The molecule has 2 aromatic rings. The molecule has 39 heavy (non-hydrogen) atoms. The highest BCUT2D eigenvalue weighted by Crippen LogP contribution is 2.41. The second-order valence-electron chi connectivity index (χ2n) is 12.0. The fourth-order valence-corrected chi connectivity index (χ4v) is 6.43. The van der Waals surface area contributed by atoms with Crippen molar-refractivity contribution in [2.45, 2.75) is 91.4 Å². The van der Waals surface area contributed by atoms with Gasteiger partial charge in [0.25, 0.3) is 0 Å². The summed E-state index contributed by atoms with van der Waals surface area (Å²) < 4.78 is 0. The maximum atomic E-state index is 9.44. The third kappa shape index (κ3) is 8.73. The molecule has 0 radical (unpaired) electrons. The molecule has 0 saturated heterocycles. The molecule has 0 heterocycles. The lowest BCUT2D eigenvalue weighted by Crippen LogP contribution is -2.40. The summed E-state index contributed by atoms with van der Waals surface area (Å²) in [5, 5.41) is 10.3. The van der Waals surface area contributed by atoms with Crippen LogP contribution >= 0.6 is 11.6 Å². The molecule has 1 fully saturated rings. The summed E-state index contributed by atoms with van der Waals surface area (Å²) in [5.74, 6) is 2.28. The zero-order chi connectivity index (χ0) is 28.4. The average Bonchev–Trinajstić information content (AvgIpc) is 2.92. The van der Waals surface area contributed by atoms with Gasteiger partial charge in [0.2, 0.25) is 0 Å². The van der Waals surface area contributed by atoms with Crippen molar-refractivity contribution in [3.63, 3.8) is 0 Å². The van der Waals surface area contributed by atoms with E-state index in [1.165, 1.54) is 59.2 Å². The number of benzene rings is 2. The zero-order valence-corrected chi connectivity index (χ0v) is 25.8. The fourth-order valence-electron chi connectivity index (χ4n) is 6.23. The molecule has 4 unspecified atom stereocenters. The van der Waals surface area contributed by atoms with Crippen molar-refractivity contribution in [2.24, 2.45) is 17.8 Å². The Balaban J connectivity index is 1.92. The van der Waals surface area contributed by atoms with Crippen LogP contribution in [0.15, 0.2) is 55.6 Å². The average molecular weight is 550 g/mol. The number of nitrogens with zero attached hydrogens (tertiary/aromatic N) is 1. The number of aliphatic hydroxyl groups excluding tert-OH is 1. The van der Waals surface area contributed by atoms with Crippen LogP contribution in [0.1, 0.15) is 100 Å². The Bertz CT molecular complexity index is 1080. The number of anilines is 1. The first-order chi connectivity index (χ1) is 18.8. The minimum Gasteiger partial charge on any atom is -0.396 e. The van der Waals surface area contributed by atoms with Gasteiger partial charge in [-0.2, -0.15) is 0 Å². The van der Waals surface area contributed by atoms with Gasteiger partial charge < -0.3 is 10.0 Å². The lowest BCUT2D eigenvalue weighted by Gasteiger charge is -2.42. The summed E-state index contributed by atoms with van der Waals surface area (Å²) in [6, 6.07) is 13.4. The van der Waals surface area contributed by atoms with Crippen LogP contribution in [0, 0.1) is 24.7 Å². The van der Waals surface area contributed by atoms with Crippen LogP contribution in [-0.4, -0.2) is 24.8 Å². The van der Waals surface area contributed by atoms with E-state index in [1.807, 2.05) is 0 Å². The predicted molar refractivity (Wildman–Crippen MR) is 172 cm³/mol. The van der Waals surface area contributed by atoms with Gasteiger partial charge in [-0.3, -0.25) is 0 Å². The number of allylic oxidation sites excluding steroid dienone is 2. The van der Waals surface area contributed by atoms with Crippen molar-refractivity contribution in [1.29, 1.82) is 0 Å². The van der Waals surface area contributed by atoms with Crippen LogP contribution in [0.25, 0.3) is 5.57 Å². The van der Waals surface area contributed by atoms with Crippen molar-refractivity contribution in [1.82, 2.24) is 0 Å². The van der Waals surface area contributed by atoms with E-state index in [-0.39, 0.29) is 0 Å². The summed E-state index contributed by atoms with van der Waals surface area (Å²) in [6.07, 6.45) is 12.4. The van der Waals surface area contributed by atoms with Crippen molar-refractivity contribution >= 4 is 22.9 Å². The van der Waals surface area contributed by atoms with Gasteiger partial charge in [-0.05, 0) is 109 Å². The first-order valence-electron chi connectivity index (χ1n) is 15.3. The molecule has 4 atom stereocenters. The van der Waals surface area contributed by atoms with Crippen molar-refractivity contribution in [3.05, 3.63) is 82.9 Å². The summed E-state index contributed by atoms with van der Waals surface area (Å²) in [7, 11) is 0. The molecule has 2 aromatic carbocycles. The molecule has 0 aliphatic heterocycles. The molecule has 0 aromatic heterocycles. The van der Waals surface area contributed by atoms with Gasteiger partial charge in [-0.25, -0.2) is 0 Å². The van der Waals surface area contributed by atoms with Crippen LogP contribution in [-0.2, 0) is 6.42 Å². The van der Waals surface area contributed by atoms with Crippen LogP contribution < -0.4 is 4.90 Å². The summed E-state index contributed by atoms with van der Waals surface area (Å²) in [5.41, 5.74) is 7.92. The van der Waals surface area contributed by atoms with Gasteiger partial charge in [0.05, 0.1) is 0 Å². The molecular formula is C36H52ClNO. The Morgan fingerprint density at radius 3 is 2.56 bits per heavy atom.